The summed E-state index contributed by atoms with van der Waals surface area (Å²) in [6, 6.07) is 7.06. The maximum absolute atomic E-state index is 13.6. The molecule has 2 N–H and O–H groups in total. The standard InChI is InChI=1S/C22H33N3O5S3/c1-22(2,3)30-21(27)24-19(11-5-6-12-23-33(4,28)29)20(26)25(15-17-9-7-13-31-17)16-18-10-8-14-32-18/h7-10,13-14,19,23H,5-6,11-12,15-16H2,1-4H3,(H,24,27). The minimum absolute atomic E-state index is 0.196. The molecule has 184 valence electrons. The monoisotopic (exact) mass is 515 g/mol. The summed E-state index contributed by atoms with van der Waals surface area (Å²) >= 11 is 3.15. The summed E-state index contributed by atoms with van der Waals surface area (Å²) < 4.78 is 30.3. The zero-order valence-electron chi connectivity index (χ0n) is 19.5. The molecule has 2 aromatic rings. The highest BCUT2D eigenvalue weighted by Crippen LogP contribution is 2.19. The molecule has 0 bridgehead atoms. The van der Waals surface area contributed by atoms with E-state index in [1.807, 2.05) is 35.0 Å². The Hall–Kier alpha value is -1.95. The van der Waals surface area contributed by atoms with Gasteiger partial charge in [-0.1, -0.05) is 12.1 Å². The Morgan fingerprint density at radius 2 is 1.64 bits per heavy atom. The van der Waals surface area contributed by atoms with Gasteiger partial charge in [0.1, 0.15) is 11.6 Å². The number of thiophene rings is 2. The molecule has 11 heteroatoms. The van der Waals surface area contributed by atoms with Crippen molar-refractivity contribution in [2.45, 2.75) is 64.8 Å². The van der Waals surface area contributed by atoms with Crippen molar-refractivity contribution in [2.75, 3.05) is 12.8 Å². The number of nitrogens with zero attached hydrogens (tertiary/aromatic N) is 1. The molecule has 2 aromatic heterocycles. The van der Waals surface area contributed by atoms with Gasteiger partial charge in [-0.15, -0.1) is 22.7 Å². The third-order valence-electron chi connectivity index (χ3n) is 4.44. The summed E-state index contributed by atoms with van der Waals surface area (Å²) in [5.74, 6) is -0.196. The molecule has 0 aliphatic carbocycles. The summed E-state index contributed by atoms with van der Waals surface area (Å²) in [5.41, 5.74) is -0.690. The van der Waals surface area contributed by atoms with Crippen LogP contribution >= 0.6 is 22.7 Å². The summed E-state index contributed by atoms with van der Waals surface area (Å²) in [7, 11) is -3.26. The number of rotatable bonds is 12. The van der Waals surface area contributed by atoms with Gasteiger partial charge in [0.05, 0.1) is 19.3 Å². The fourth-order valence-corrected chi connectivity index (χ4v) is 5.01. The van der Waals surface area contributed by atoms with Crippen molar-refractivity contribution in [1.82, 2.24) is 14.9 Å². The van der Waals surface area contributed by atoms with E-state index in [0.717, 1.165) is 16.0 Å². The van der Waals surface area contributed by atoms with E-state index in [4.69, 9.17) is 4.74 Å². The van der Waals surface area contributed by atoms with Gasteiger partial charge < -0.3 is 15.0 Å². The van der Waals surface area contributed by atoms with Crippen molar-refractivity contribution >= 4 is 44.7 Å². The third-order valence-corrected chi connectivity index (χ3v) is 6.89. The van der Waals surface area contributed by atoms with E-state index in [1.54, 1.807) is 48.3 Å². The second-order valence-electron chi connectivity index (χ2n) is 8.71. The SMILES string of the molecule is CC(C)(C)OC(=O)NC(CCCCNS(C)(=O)=O)C(=O)N(Cc1cccs1)Cc1cccs1. The first-order chi connectivity index (χ1) is 15.4. The van der Waals surface area contributed by atoms with Crippen LogP contribution in [0, 0.1) is 0 Å². The molecular weight excluding hydrogens is 482 g/mol. The average molecular weight is 516 g/mol. The number of unbranched alkanes of at least 4 members (excludes halogenated alkanes) is 1. The number of sulfonamides is 1. The lowest BCUT2D eigenvalue weighted by Gasteiger charge is -2.28. The number of carbonyl (C=O) groups is 2. The van der Waals surface area contributed by atoms with E-state index in [9.17, 15) is 18.0 Å². The summed E-state index contributed by atoms with van der Waals surface area (Å²) in [6.07, 6.45) is 1.93. The quantitative estimate of drug-likeness (QED) is 0.417. The summed E-state index contributed by atoms with van der Waals surface area (Å²) in [4.78, 5) is 29.9. The molecule has 0 aromatic carbocycles. The van der Waals surface area contributed by atoms with Gasteiger partial charge in [-0.05, 0) is 62.9 Å². The number of carbonyl (C=O) groups excluding carboxylic acids is 2. The van der Waals surface area contributed by atoms with Crippen LogP contribution in [0.5, 0.6) is 0 Å². The lowest BCUT2D eigenvalue weighted by molar-refractivity contribution is -0.134. The zero-order valence-corrected chi connectivity index (χ0v) is 21.9. The van der Waals surface area contributed by atoms with Crippen LogP contribution in [0.2, 0.25) is 0 Å². The van der Waals surface area contributed by atoms with Crippen molar-refractivity contribution in [3.8, 4) is 0 Å². The maximum atomic E-state index is 13.6. The van der Waals surface area contributed by atoms with E-state index in [-0.39, 0.29) is 12.5 Å². The van der Waals surface area contributed by atoms with Gasteiger partial charge in [-0.3, -0.25) is 4.79 Å². The second kappa shape index (κ2) is 12.5. The zero-order chi connectivity index (χ0) is 24.5. The minimum Gasteiger partial charge on any atom is -0.444 e. The Balaban J connectivity index is 2.12. The number of alkyl carbamates (subject to hydrolysis) is 1. The number of nitrogens with one attached hydrogen (secondary N) is 2. The first-order valence-corrected chi connectivity index (χ1v) is 14.4. The number of hydrogen-bond acceptors (Lipinski definition) is 7. The predicted octanol–water partition coefficient (Wildman–Crippen LogP) is 3.95. The Morgan fingerprint density at radius 1 is 1.06 bits per heavy atom. The van der Waals surface area contributed by atoms with Crippen LogP contribution in [-0.2, 0) is 32.6 Å². The Kier molecular flexibility index (Phi) is 10.3. The second-order valence-corrected chi connectivity index (χ2v) is 12.6. The molecule has 0 fully saturated rings. The van der Waals surface area contributed by atoms with Gasteiger partial charge in [-0.2, -0.15) is 0 Å². The van der Waals surface area contributed by atoms with Crippen LogP contribution < -0.4 is 10.0 Å². The lowest BCUT2D eigenvalue weighted by atomic mass is 10.1. The lowest BCUT2D eigenvalue weighted by Crippen LogP contribution is -2.49. The fourth-order valence-electron chi connectivity index (χ4n) is 3.05. The van der Waals surface area contributed by atoms with Crippen LogP contribution in [0.25, 0.3) is 0 Å². The molecule has 0 aliphatic heterocycles. The molecular formula is C22H33N3O5S3. The van der Waals surface area contributed by atoms with Crippen molar-refractivity contribution in [1.29, 1.82) is 0 Å². The number of amides is 2. The van der Waals surface area contributed by atoms with Gasteiger partial charge in [0.25, 0.3) is 0 Å². The molecule has 33 heavy (non-hydrogen) atoms. The molecule has 2 rings (SSSR count). The Morgan fingerprint density at radius 3 is 2.09 bits per heavy atom. The van der Waals surface area contributed by atoms with E-state index < -0.39 is 27.8 Å². The van der Waals surface area contributed by atoms with Crippen molar-refractivity contribution < 1.29 is 22.7 Å². The molecule has 0 saturated carbocycles. The average Bonchev–Trinajstić information content (AvgIpc) is 3.37. The summed E-state index contributed by atoms with van der Waals surface area (Å²) in [5, 5.41) is 6.67. The smallest absolute Gasteiger partial charge is 0.408 e. The molecule has 0 spiro atoms. The Labute approximate surface area is 204 Å². The van der Waals surface area contributed by atoms with E-state index in [0.29, 0.717) is 32.4 Å². The van der Waals surface area contributed by atoms with Crippen molar-refractivity contribution in [2.24, 2.45) is 0 Å². The Bertz CT molecular complexity index is 931. The van der Waals surface area contributed by atoms with Gasteiger partial charge in [-0.25, -0.2) is 17.9 Å². The predicted molar refractivity (Wildman–Crippen MR) is 133 cm³/mol. The molecule has 0 saturated heterocycles. The molecule has 1 unspecified atom stereocenters. The van der Waals surface area contributed by atoms with E-state index in [1.165, 1.54) is 0 Å². The van der Waals surface area contributed by atoms with Gasteiger partial charge in [0.15, 0.2) is 0 Å². The fraction of sp³-hybridized carbons (Fsp3) is 0.545. The first kappa shape index (κ1) is 27.3. The van der Waals surface area contributed by atoms with Crippen molar-refractivity contribution in [3.63, 3.8) is 0 Å². The minimum atomic E-state index is -3.26. The highest BCUT2D eigenvalue weighted by molar-refractivity contribution is 7.88. The van der Waals surface area contributed by atoms with Crippen LogP contribution in [0.4, 0.5) is 4.79 Å². The first-order valence-electron chi connectivity index (χ1n) is 10.7. The highest BCUT2D eigenvalue weighted by atomic mass is 32.2. The van der Waals surface area contributed by atoms with Gasteiger partial charge in [0, 0.05) is 16.3 Å². The van der Waals surface area contributed by atoms with Crippen molar-refractivity contribution in [3.05, 3.63) is 44.8 Å². The largest absolute Gasteiger partial charge is 0.444 e. The van der Waals surface area contributed by atoms with Crippen LogP contribution in [0.3, 0.4) is 0 Å². The van der Waals surface area contributed by atoms with E-state index >= 15 is 0 Å². The van der Waals surface area contributed by atoms with E-state index in [2.05, 4.69) is 10.0 Å². The normalized spacial score (nSPS) is 12.8. The van der Waals surface area contributed by atoms with Gasteiger partial charge in [0.2, 0.25) is 15.9 Å². The maximum Gasteiger partial charge on any atom is 0.408 e. The van der Waals surface area contributed by atoms with Gasteiger partial charge >= 0.3 is 6.09 Å². The van der Waals surface area contributed by atoms with Crippen LogP contribution in [0.15, 0.2) is 35.0 Å². The van der Waals surface area contributed by atoms with Crippen LogP contribution in [0.1, 0.15) is 49.8 Å². The summed E-state index contributed by atoms with van der Waals surface area (Å²) in [6.45, 7) is 6.45. The molecule has 0 radical (unpaired) electrons. The van der Waals surface area contributed by atoms with Crippen LogP contribution in [-0.4, -0.2) is 49.8 Å². The molecule has 2 amide bonds. The molecule has 0 aliphatic rings. The molecule has 2 heterocycles. The number of hydrogen-bond donors (Lipinski definition) is 2. The topological polar surface area (TPSA) is 105 Å². The third kappa shape index (κ3) is 11.1. The highest BCUT2D eigenvalue weighted by Gasteiger charge is 2.28. The molecule has 8 nitrogen and oxygen atoms in total. The number of ether oxygens (including phenoxy) is 1. The molecule has 1 atom stereocenters.